The molecule has 0 aromatic heterocycles. The number of rotatable bonds is 18. The summed E-state index contributed by atoms with van der Waals surface area (Å²) in [5, 5.41) is 9.40. The van der Waals surface area contributed by atoms with Gasteiger partial charge in [0.15, 0.2) is 23.0 Å². The molecule has 0 unspecified atom stereocenters. The number of hydrogen-bond acceptors (Lipinski definition) is 18. The molecule has 4 aliphatic rings. The van der Waals surface area contributed by atoms with Gasteiger partial charge in [0.1, 0.15) is 52.9 Å². The van der Waals surface area contributed by atoms with Crippen molar-refractivity contribution < 1.29 is 76.3 Å². The summed E-state index contributed by atoms with van der Waals surface area (Å²) >= 11 is 2.98. The Morgan fingerprint density at radius 2 is 0.894 bits per heavy atom. The van der Waals surface area contributed by atoms with Crippen LogP contribution in [0.1, 0.15) is 43.0 Å². The standard InChI is InChI=1S/C48H50O16S2/c1-29(49)53-17-21-57-39-15-13-37-45(43(39)59-23-19-55-31(3)51)65-41-11-7-5-9-35(41)47(37)61-25-33(26-62-47)34-27-63-48(64-28-34)36-10-6-8-12-42(36)66-46-38(48)14-16-40(58-22-18-54-30(2)50)44(46)60-24-20-56-32(4)52/h5-16,33-34,49H,1,17-28H2,2-4H3. The van der Waals surface area contributed by atoms with Crippen molar-refractivity contribution in [3.05, 3.63) is 108 Å². The second kappa shape index (κ2) is 20.9. The summed E-state index contributed by atoms with van der Waals surface area (Å²) in [6.07, 6.45) is 0. The molecule has 2 spiro atoms. The third kappa shape index (κ3) is 10.0. The zero-order chi connectivity index (χ0) is 46.3. The summed E-state index contributed by atoms with van der Waals surface area (Å²) in [6, 6.07) is 23.1. The van der Waals surface area contributed by atoms with Crippen LogP contribution in [0, 0.1) is 11.8 Å². The van der Waals surface area contributed by atoms with Crippen LogP contribution in [0.25, 0.3) is 0 Å². The summed E-state index contributed by atoms with van der Waals surface area (Å²) in [4.78, 5) is 37.7. The van der Waals surface area contributed by atoms with Crippen LogP contribution in [0.15, 0.2) is 105 Å². The molecule has 0 atom stereocenters. The molecule has 0 amide bonds. The summed E-state index contributed by atoms with van der Waals surface area (Å²) in [6.45, 7) is 9.02. The van der Waals surface area contributed by atoms with E-state index < -0.39 is 35.4 Å². The van der Waals surface area contributed by atoms with Crippen LogP contribution in [0.3, 0.4) is 0 Å². The van der Waals surface area contributed by atoms with Crippen molar-refractivity contribution >= 4 is 41.4 Å². The highest BCUT2D eigenvalue weighted by Crippen LogP contribution is 2.59. The van der Waals surface area contributed by atoms with Gasteiger partial charge in [-0.15, -0.1) is 0 Å². The number of carbonyl (C=O) groups excluding carboxylic acids is 3. The van der Waals surface area contributed by atoms with Gasteiger partial charge in [0.05, 0.1) is 36.2 Å². The van der Waals surface area contributed by atoms with Gasteiger partial charge < -0.3 is 61.9 Å². The SMILES string of the molecule is C=C(O)OCCOc1ccc2c(c1OCCOC(C)=O)Sc1ccccc1C21OCC(C2COC3(OC2)c2ccccc2Sc2c3ccc(OCCOC(C)=O)c2OCCOC(C)=O)CO1. The fraction of sp³-hybridized carbons (Fsp3) is 0.396. The topological polar surface area (TPSA) is 182 Å². The Kier molecular flexibility index (Phi) is 14.8. The largest absolute Gasteiger partial charge is 0.486 e. The zero-order valence-electron chi connectivity index (χ0n) is 36.7. The average molecular weight is 947 g/mol. The molecule has 350 valence electrons. The van der Waals surface area contributed by atoms with Gasteiger partial charge in [0.25, 0.3) is 5.95 Å². The Morgan fingerprint density at radius 3 is 1.27 bits per heavy atom. The van der Waals surface area contributed by atoms with E-state index in [0.717, 1.165) is 32.0 Å². The number of carbonyl (C=O) groups is 3. The number of benzene rings is 4. The molecule has 0 saturated carbocycles. The van der Waals surface area contributed by atoms with E-state index in [1.807, 2.05) is 60.7 Å². The van der Waals surface area contributed by atoms with E-state index in [4.69, 9.17) is 56.8 Å². The quantitative estimate of drug-likeness (QED) is 0.0454. The number of fused-ring (bicyclic) bond motifs is 8. The van der Waals surface area contributed by atoms with Crippen LogP contribution in [0.2, 0.25) is 0 Å². The van der Waals surface area contributed by atoms with Crippen molar-refractivity contribution in [1.29, 1.82) is 0 Å². The van der Waals surface area contributed by atoms with Crippen molar-refractivity contribution in [1.82, 2.24) is 0 Å². The molecule has 4 heterocycles. The van der Waals surface area contributed by atoms with Crippen molar-refractivity contribution in [3.63, 3.8) is 0 Å². The second-order valence-electron chi connectivity index (χ2n) is 15.4. The normalized spacial score (nSPS) is 21.3. The molecule has 18 heteroatoms. The van der Waals surface area contributed by atoms with Crippen LogP contribution < -0.4 is 18.9 Å². The van der Waals surface area contributed by atoms with Crippen molar-refractivity contribution in [2.45, 2.75) is 51.9 Å². The maximum Gasteiger partial charge on any atom is 0.302 e. The van der Waals surface area contributed by atoms with Gasteiger partial charge in [-0.25, -0.2) is 0 Å². The van der Waals surface area contributed by atoms with Crippen molar-refractivity contribution in [2.75, 3.05) is 79.3 Å². The van der Waals surface area contributed by atoms with Crippen LogP contribution in [0.5, 0.6) is 23.0 Å². The lowest BCUT2D eigenvalue weighted by Gasteiger charge is -2.48. The highest BCUT2D eigenvalue weighted by Gasteiger charge is 2.52. The summed E-state index contributed by atoms with van der Waals surface area (Å²) in [5.74, 6) is -2.85. The minimum atomic E-state index is -1.29. The molecule has 0 bridgehead atoms. The van der Waals surface area contributed by atoms with E-state index >= 15 is 0 Å². The Hall–Kier alpha value is -5.63. The number of esters is 3. The minimum Gasteiger partial charge on any atom is -0.486 e. The van der Waals surface area contributed by atoms with Crippen LogP contribution in [0.4, 0.5) is 0 Å². The summed E-state index contributed by atoms with van der Waals surface area (Å²) in [5.41, 5.74) is 3.14. The molecular formula is C48H50O16S2. The second-order valence-corrected chi connectivity index (χ2v) is 17.5. The fourth-order valence-electron chi connectivity index (χ4n) is 8.03. The number of aliphatic hydroxyl groups is 1. The summed E-state index contributed by atoms with van der Waals surface area (Å²) < 4.78 is 73.0. The molecule has 8 rings (SSSR count). The van der Waals surface area contributed by atoms with Gasteiger partial charge in [0, 0.05) is 64.7 Å². The first-order valence-electron chi connectivity index (χ1n) is 21.4. The molecule has 66 heavy (non-hydrogen) atoms. The number of hydrogen-bond donors (Lipinski definition) is 1. The van der Waals surface area contributed by atoms with Gasteiger partial charge in [-0.1, -0.05) is 59.9 Å². The minimum absolute atomic E-state index is 0.0246. The summed E-state index contributed by atoms with van der Waals surface area (Å²) in [7, 11) is 0. The van der Waals surface area contributed by atoms with E-state index in [1.54, 1.807) is 12.1 Å². The van der Waals surface area contributed by atoms with Gasteiger partial charge in [-0.3, -0.25) is 14.4 Å². The third-order valence-corrected chi connectivity index (χ3v) is 13.3. The molecule has 4 aromatic carbocycles. The van der Waals surface area contributed by atoms with Gasteiger partial charge in [0.2, 0.25) is 11.6 Å². The molecule has 2 fully saturated rings. The van der Waals surface area contributed by atoms with Gasteiger partial charge in [-0.05, 0) is 43.0 Å². The molecule has 1 N–H and O–H groups in total. The fourth-order valence-corrected chi connectivity index (χ4v) is 10.5. The zero-order valence-corrected chi connectivity index (χ0v) is 38.3. The van der Waals surface area contributed by atoms with E-state index in [2.05, 4.69) is 6.58 Å². The maximum atomic E-state index is 11.5. The van der Waals surface area contributed by atoms with Crippen LogP contribution in [-0.4, -0.2) is 102 Å². The average Bonchev–Trinajstić information content (AvgIpc) is 3.30. The van der Waals surface area contributed by atoms with Gasteiger partial charge >= 0.3 is 17.9 Å². The first-order chi connectivity index (χ1) is 32.0. The molecule has 2 saturated heterocycles. The van der Waals surface area contributed by atoms with E-state index in [0.29, 0.717) is 59.2 Å². The Labute approximate surface area is 390 Å². The maximum absolute atomic E-state index is 11.5. The van der Waals surface area contributed by atoms with Crippen molar-refractivity contribution in [3.8, 4) is 23.0 Å². The molecule has 0 radical (unpaired) electrons. The predicted molar refractivity (Wildman–Crippen MR) is 236 cm³/mol. The van der Waals surface area contributed by atoms with Crippen molar-refractivity contribution in [2.24, 2.45) is 11.8 Å². The molecule has 4 aliphatic heterocycles. The molecule has 16 nitrogen and oxygen atoms in total. The molecule has 4 aromatic rings. The van der Waals surface area contributed by atoms with Crippen LogP contribution in [-0.2, 0) is 63.9 Å². The Bertz CT molecular complexity index is 2260. The predicted octanol–water partition coefficient (Wildman–Crippen LogP) is 7.29. The van der Waals surface area contributed by atoms with E-state index in [-0.39, 0.29) is 64.7 Å². The molecule has 0 aliphatic carbocycles. The highest BCUT2D eigenvalue weighted by molar-refractivity contribution is 8.00. The number of aliphatic hydroxyl groups excluding tert-OH is 1. The highest BCUT2D eigenvalue weighted by atomic mass is 32.2. The van der Waals surface area contributed by atoms with Crippen LogP contribution >= 0.6 is 23.5 Å². The lowest BCUT2D eigenvalue weighted by Crippen LogP contribution is -2.51. The first-order valence-corrected chi connectivity index (χ1v) is 23.0. The Balaban J connectivity index is 1.04. The smallest absolute Gasteiger partial charge is 0.302 e. The number of ether oxygens (including phenoxy) is 12. The first kappa shape index (κ1) is 46.9. The molecular weight excluding hydrogens is 897 g/mol. The third-order valence-electron chi connectivity index (χ3n) is 11.0. The van der Waals surface area contributed by atoms with E-state index in [1.165, 1.54) is 44.3 Å². The monoisotopic (exact) mass is 946 g/mol. The van der Waals surface area contributed by atoms with E-state index in [9.17, 15) is 19.5 Å². The Morgan fingerprint density at radius 1 is 0.530 bits per heavy atom. The van der Waals surface area contributed by atoms with Gasteiger partial charge in [-0.2, -0.15) is 0 Å². The lowest BCUT2D eigenvalue weighted by atomic mass is 9.88. The lowest BCUT2D eigenvalue weighted by molar-refractivity contribution is -0.309.